The third kappa shape index (κ3) is 3.94. The van der Waals surface area contributed by atoms with Crippen molar-refractivity contribution in [1.29, 1.82) is 0 Å². The van der Waals surface area contributed by atoms with E-state index < -0.39 is 15.6 Å². The molecular formula is C14H24N2O3S. The predicted molar refractivity (Wildman–Crippen MR) is 81.5 cm³/mol. The minimum absolute atomic E-state index is 0.0155. The Kier molecular flexibility index (Phi) is 5.56. The molecule has 2 N–H and O–H groups in total. The van der Waals surface area contributed by atoms with Gasteiger partial charge >= 0.3 is 0 Å². The van der Waals surface area contributed by atoms with E-state index in [2.05, 4.69) is 4.72 Å². The third-order valence-corrected chi connectivity index (χ3v) is 4.85. The molecule has 6 heteroatoms. The summed E-state index contributed by atoms with van der Waals surface area (Å²) in [4.78, 5) is 2.17. The summed E-state index contributed by atoms with van der Waals surface area (Å²) in [5.41, 5.74) is 0.458. The van der Waals surface area contributed by atoms with Crippen molar-refractivity contribution < 1.29 is 13.5 Å². The topological polar surface area (TPSA) is 69.6 Å². The second kappa shape index (κ2) is 6.56. The van der Waals surface area contributed by atoms with Crippen LogP contribution in [-0.2, 0) is 10.0 Å². The van der Waals surface area contributed by atoms with Crippen LogP contribution in [0.1, 0.15) is 27.2 Å². The minimum Gasteiger partial charge on any atom is -0.394 e. The van der Waals surface area contributed by atoms with Gasteiger partial charge in [0.2, 0.25) is 10.0 Å². The summed E-state index contributed by atoms with van der Waals surface area (Å²) in [7, 11) is -1.55. The first-order chi connectivity index (χ1) is 9.24. The largest absolute Gasteiger partial charge is 0.394 e. The molecule has 0 heterocycles. The molecule has 0 saturated carbocycles. The van der Waals surface area contributed by atoms with E-state index in [0.717, 1.165) is 12.1 Å². The zero-order valence-electron chi connectivity index (χ0n) is 12.5. The monoisotopic (exact) mass is 300 g/mol. The Morgan fingerprint density at radius 2 is 1.80 bits per heavy atom. The Morgan fingerprint density at radius 1 is 1.25 bits per heavy atom. The highest BCUT2D eigenvalue weighted by molar-refractivity contribution is 7.89. The van der Waals surface area contributed by atoms with Gasteiger partial charge in [0, 0.05) is 19.3 Å². The third-order valence-electron chi connectivity index (χ3n) is 3.37. The summed E-state index contributed by atoms with van der Waals surface area (Å²) in [5.74, 6) is 0. The van der Waals surface area contributed by atoms with Crippen LogP contribution in [0, 0.1) is 0 Å². The summed E-state index contributed by atoms with van der Waals surface area (Å²) in [5, 5.41) is 9.36. The number of nitrogens with one attached hydrogen (secondary N) is 1. The van der Waals surface area contributed by atoms with Crippen LogP contribution in [0.4, 0.5) is 5.69 Å². The number of aliphatic hydroxyl groups excluding tert-OH is 1. The second-order valence-electron chi connectivity index (χ2n) is 5.42. The van der Waals surface area contributed by atoms with Gasteiger partial charge in [-0.3, -0.25) is 0 Å². The van der Waals surface area contributed by atoms with Crippen molar-refractivity contribution in [3.05, 3.63) is 24.3 Å². The minimum atomic E-state index is -3.42. The average Bonchev–Trinajstić information content (AvgIpc) is 2.44. The number of likely N-dealkylation sites (N-methyl/N-ethyl adjacent to an activating group) is 1. The smallest absolute Gasteiger partial charge is 0.240 e. The van der Waals surface area contributed by atoms with Crippen molar-refractivity contribution in [2.45, 2.75) is 37.6 Å². The molecule has 0 aliphatic heterocycles. The van der Waals surface area contributed by atoms with Gasteiger partial charge in [0.1, 0.15) is 0 Å². The summed E-state index contributed by atoms with van der Waals surface area (Å²) >= 11 is 0. The fourth-order valence-electron chi connectivity index (χ4n) is 1.62. The number of benzene rings is 1. The van der Waals surface area contributed by atoms with Crippen molar-refractivity contribution >= 4 is 15.7 Å². The number of nitrogens with zero attached hydrogens (tertiary/aromatic N) is 1. The first-order valence-corrected chi connectivity index (χ1v) is 8.17. The van der Waals surface area contributed by atoms with Gasteiger partial charge in [0.05, 0.1) is 17.0 Å². The molecule has 0 amide bonds. The van der Waals surface area contributed by atoms with Crippen LogP contribution in [-0.4, -0.2) is 39.3 Å². The van der Waals surface area contributed by atoms with Gasteiger partial charge in [0.15, 0.2) is 0 Å². The van der Waals surface area contributed by atoms with Gasteiger partial charge in [-0.15, -0.1) is 0 Å². The predicted octanol–water partition coefficient (Wildman–Crippen LogP) is 1.58. The summed E-state index contributed by atoms with van der Waals surface area (Å²) in [6.45, 7) is 6.20. The van der Waals surface area contributed by atoms with Crippen LogP contribution < -0.4 is 9.62 Å². The number of hydrogen-bond donors (Lipinski definition) is 2. The highest BCUT2D eigenvalue weighted by atomic mass is 32.2. The summed E-state index contributed by atoms with van der Waals surface area (Å²) in [6.07, 6.45) is 0.755. The first kappa shape index (κ1) is 16.9. The van der Waals surface area contributed by atoms with Crippen molar-refractivity contribution in [2.24, 2.45) is 0 Å². The molecule has 0 aromatic heterocycles. The molecule has 1 aromatic carbocycles. The van der Waals surface area contributed by atoms with Crippen LogP contribution in [0.3, 0.4) is 0 Å². The Labute approximate surface area is 121 Å². The van der Waals surface area contributed by atoms with Gasteiger partial charge in [-0.1, -0.05) is 6.92 Å². The molecule has 1 aromatic rings. The van der Waals surface area contributed by atoms with Crippen LogP contribution in [0.25, 0.3) is 0 Å². The molecule has 20 heavy (non-hydrogen) atoms. The molecule has 0 spiro atoms. The lowest BCUT2D eigenvalue weighted by Gasteiger charge is -2.35. The highest BCUT2D eigenvalue weighted by Crippen LogP contribution is 2.23. The number of aliphatic hydroxyl groups is 1. The molecule has 0 saturated heterocycles. The molecule has 0 unspecified atom stereocenters. The summed E-state index contributed by atoms with van der Waals surface area (Å²) < 4.78 is 26.5. The van der Waals surface area contributed by atoms with Gasteiger partial charge in [-0.25, -0.2) is 13.1 Å². The molecule has 0 aliphatic rings. The van der Waals surface area contributed by atoms with E-state index in [4.69, 9.17) is 0 Å². The fourth-order valence-corrected chi connectivity index (χ4v) is 2.76. The molecule has 0 radical (unpaired) electrons. The standard InChI is InChI=1S/C14H24N2O3S/c1-5-10-15-20(18,19)13-8-6-12(7-9-13)16(4)14(2,3)11-17/h6-9,15,17H,5,10-11H2,1-4H3. The lowest BCUT2D eigenvalue weighted by atomic mass is 10.0. The summed E-state index contributed by atoms with van der Waals surface area (Å²) in [6, 6.07) is 6.66. The molecular weight excluding hydrogens is 276 g/mol. The van der Waals surface area contributed by atoms with Crippen LogP contribution in [0.2, 0.25) is 0 Å². The number of rotatable bonds is 7. The molecule has 0 aliphatic carbocycles. The number of sulfonamides is 1. The van der Waals surface area contributed by atoms with Crippen molar-refractivity contribution in [3.63, 3.8) is 0 Å². The Morgan fingerprint density at radius 3 is 2.25 bits per heavy atom. The Hall–Kier alpha value is -1.11. The maximum Gasteiger partial charge on any atom is 0.240 e. The normalized spacial score (nSPS) is 12.4. The van der Waals surface area contributed by atoms with Crippen molar-refractivity contribution in [2.75, 3.05) is 25.1 Å². The van der Waals surface area contributed by atoms with Gasteiger partial charge < -0.3 is 10.0 Å². The Balaban J connectivity index is 2.95. The first-order valence-electron chi connectivity index (χ1n) is 6.69. The van der Waals surface area contributed by atoms with E-state index in [1.54, 1.807) is 24.3 Å². The lowest BCUT2D eigenvalue weighted by Crippen LogP contribution is -2.44. The van der Waals surface area contributed by atoms with E-state index in [1.165, 1.54) is 0 Å². The molecule has 5 nitrogen and oxygen atoms in total. The van der Waals surface area contributed by atoms with E-state index in [-0.39, 0.29) is 11.5 Å². The number of hydrogen-bond acceptors (Lipinski definition) is 4. The zero-order valence-corrected chi connectivity index (χ0v) is 13.4. The van der Waals surface area contributed by atoms with Crippen molar-refractivity contribution in [1.82, 2.24) is 4.72 Å². The van der Waals surface area contributed by atoms with Gasteiger partial charge in [0.25, 0.3) is 0 Å². The highest BCUT2D eigenvalue weighted by Gasteiger charge is 2.23. The Bertz CT molecular complexity index is 524. The van der Waals surface area contributed by atoms with Crippen LogP contribution in [0.15, 0.2) is 29.2 Å². The van der Waals surface area contributed by atoms with Gasteiger partial charge in [-0.05, 0) is 44.5 Å². The second-order valence-corrected chi connectivity index (χ2v) is 7.19. The van der Waals surface area contributed by atoms with Crippen LogP contribution >= 0.6 is 0 Å². The molecule has 0 atom stereocenters. The maximum absolute atomic E-state index is 12.0. The molecule has 0 bridgehead atoms. The van der Waals surface area contributed by atoms with Gasteiger partial charge in [-0.2, -0.15) is 0 Å². The molecule has 0 fully saturated rings. The zero-order chi connectivity index (χ0) is 15.4. The lowest BCUT2D eigenvalue weighted by molar-refractivity contribution is 0.216. The quantitative estimate of drug-likeness (QED) is 0.802. The van der Waals surface area contributed by atoms with E-state index in [9.17, 15) is 13.5 Å². The van der Waals surface area contributed by atoms with E-state index in [1.807, 2.05) is 32.7 Å². The van der Waals surface area contributed by atoms with E-state index in [0.29, 0.717) is 6.54 Å². The molecule has 114 valence electrons. The average molecular weight is 300 g/mol. The molecule has 1 rings (SSSR count). The van der Waals surface area contributed by atoms with Crippen LogP contribution in [0.5, 0.6) is 0 Å². The fraction of sp³-hybridized carbons (Fsp3) is 0.571. The van der Waals surface area contributed by atoms with Crippen molar-refractivity contribution in [3.8, 4) is 0 Å². The SMILES string of the molecule is CCCNS(=O)(=O)c1ccc(N(C)C(C)(C)CO)cc1. The van der Waals surface area contributed by atoms with E-state index >= 15 is 0 Å². The maximum atomic E-state index is 12.0. The number of anilines is 1.